The van der Waals surface area contributed by atoms with Crippen LogP contribution in [0.1, 0.15) is 27.8 Å². The smallest absolute Gasteiger partial charge is 0.157 e. The number of phenolic OH excluding ortho intramolecular Hbond substituents is 1. The van der Waals surface area contributed by atoms with E-state index in [-0.39, 0.29) is 5.75 Å². The molecule has 0 saturated heterocycles. The molecule has 2 aromatic heterocycles. The van der Waals surface area contributed by atoms with Crippen LogP contribution in [-0.2, 0) is 6.42 Å². The summed E-state index contributed by atoms with van der Waals surface area (Å²) in [6.45, 7) is 3.96. The van der Waals surface area contributed by atoms with Crippen LogP contribution in [-0.4, -0.2) is 14.5 Å². The normalized spacial score (nSPS) is 11.0. The van der Waals surface area contributed by atoms with Crippen LogP contribution in [0.3, 0.4) is 0 Å². The summed E-state index contributed by atoms with van der Waals surface area (Å²) < 4.78 is 2.00. The molecule has 0 saturated carbocycles. The van der Waals surface area contributed by atoms with Gasteiger partial charge in [-0.1, -0.05) is 48.5 Å². The molecule has 32 heavy (non-hydrogen) atoms. The van der Waals surface area contributed by atoms with Gasteiger partial charge in [-0.2, -0.15) is 5.26 Å². The standard InChI is InChI=1S/C27H22N4O/c1-17-12-13-25(32)23(14-17)30-26-20(15-19-8-4-3-5-9-19)18(2)21(16-28)27-29-22-10-6-7-11-24(22)31(26)27/h3-14,30,32H,15H2,1-2H3. The molecule has 0 atom stereocenters. The lowest BCUT2D eigenvalue weighted by Gasteiger charge is -2.20. The van der Waals surface area contributed by atoms with Crippen LogP contribution in [0.15, 0.2) is 72.8 Å². The predicted molar refractivity (Wildman–Crippen MR) is 128 cm³/mol. The molecule has 156 valence electrons. The van der Waals surface area contributed by atoms with Gasteiger partial charge < -0.3 is 10.4 Å². The van der Waals surface area contributed by atoms with Gasteiger partial charge in [-0.15, -0.1) is 0 Å². The zero-order valence-corrected chi connectivity index (χ0v) is 17.9. The van der Waals surface area contributed by atoms with Crippen LogP contribution >= 0.6 is 0 Å². The van der Waals surface area contributed by atoms with E-state index in [1.165, 1.54) is 0 Å². The Morgan fingerprint density at radius 1 is 1.00 bits per heavy atom. The number of imidazole rings is 1. The minimum Gasteiger partial charge on any atom is -0.506 e. The zero-order valence-electron chi connectivity index (χ0n) is 17.9. The minimum atomic E-state index is 0.167. The van der Waals surface area contributed by atoms with Crippen molar-refractivity contribution < 1.29 is 5.11 Å². The summed E-state index contributed by atoms with van der Waals surface area (Å²) in [6, 6.07) is 25.9. The van der Waals surface area contributed by atoms with Gasteiger partial charge in [-0.25, -0.2) is 4.98 Å². The first-order chi connectivity index (χ1) is 15.6. The van der Waals surface area contributed by atoms with Gasteiger partial charge in [-0.05, 0) is 54.8 Å². The van der Waals surface area contributed by atoms with Crippen LogP contribution in [0.5, 0.6) is 5.75 Å². The van der Waals surface area contributed by atoms with Crippen molar-refractivity contribution in [1.82, 2.24) is 9.38 Å². The van der Waals surface area contributed by atoms with Crippen LogP contribution < -0.4 is 5.32 Å². The van der Waals surface area contributed by atoms with E-state index in [0.717, 1.165) is 39.1 Å². The highest BCUT2D eigenvalue weighted by molar-refractivity contribution is 5.87. The summed E-state index contributed by atoms with van der Waals surface area (Å²) in [4.78, 5) is 4.78. The molecule has 0 spiro atoms. The molecule has 2 N–H and O–H groups in total. The molecule has 0 unspecified atom stereocenters. The summed E-state index contributed by atoms with van der Waals surface area (Å²) in [7, 11) is 0. The molecule has 0 aliphatic heterocycles. The Kier molecular flexibility index (Phi) is 4.76. The van der Waals surface area contributed by atoms with Crippen LogP contribution in [0.2, 0.25) is 0 Å². The number of pyridine rings is 1. The highest BCUT2D eigenvalue weighted by atomic mass is 16.3. The molecule has 0 amide bonds. The number of rotatable bonds is 4. The Morgan fingerprint density at radius 2 is 1.75 bits per heavy atom. The van der Waals surface area contributed by atoms with Gasteiger partial charge in [0.05, 0.1) is 22.3 Å². The van der Waals surface area contributed by atoms with Crippen LogP contribution in [0, 0.1) is 25.2 Å². The number of aryl methyl sites for hydroxylation is 1. The summed E-state index contributed by atoms with van der Waals surface area (Å²) in [6.07, 6.45) is 0.638. The van der Waals surface area contributed by atoms with Crippen molar-refractivity contribution in [2.75, 3.05) is 5.32 Å². The highest BCUT2D eigenvalue weighted by Crippen LogP contribution is 2.36. The molecule has 0 aliphatic rings. The van der Waals surface area contributed by atoms with Crippen molar-refractivity contribution in [3.05, 3.63) is 101 Å². The number of nitriles is 1. The molecule has 0 aliphatic carbocycles. The van der Waals surface area contributed by atoms with Gasteiger partial charge in [0.1, 0.15) is 17.6 Å². The monoisotopic (exact) mass is 418 g/mol. The lowest BCUT2D eigenvalue weighted by Crippen LogP contribution is -2.09. The SMILES string of the molecule is Cc1ccc(O)c(Nc2c(Cc3ccccc3)c(C)c(C#N)c3nc4ccccc4n23)c1. The Balaban J connectivity index is 1.86. The third-order valence-corrected chi connectivity index (χ3v) is 5.86. The van der Waals surface area contributed by atoms with Gasteiger partial charge in [0.25, 0.3) is 0 Å². The molecule has 0 radical (unpaired) electrons. The number of anilines is 2. The number of para-hydroxylation sites is 2. The van der Waals surface area contributed by atoms with Gasteiger partial charge in [-0.3, -0.25) is 4.40 Å². The van der Waals surface area contributed by atoms with Crippen molar-refractivity contribution >= 4 is 28.2 Å². The van der Waals surface area contributed by atoms with Crippen LogP contribution in [0.25, 0.3) is 16.7 Å². The number of phenols is 1. The Hall–Kier alpha value is -4.30. The van der Waals surface area contributed by atoms with Crippen molar-refractivity contribution in [2.24, 2.45) is 0 Å². The van der Waals surface area contributed by atoms with E-state index in [1.54, 1.807) is 6.07 Å². The number of hydrogen-bond donors (Lipinski definition) is 2. The maximum absolute atomic E-state index is 10.5. The average molecular weight is 419 g/mol. The van der Waals surface area contributed by atoms with Gasteiger partial charge in [0.2, 0.25) is 0 Å². The number of hydrogen-bond acceptors (Lipinski definition) is 4. The first-order valence-electron chi connectivity index (χ1n) is 10.5. The number of nitrogens with one attached hydrogen (secondary N) is 1. The van der Waals surface area contributed by atoms with Gasteiger partial charge in [0.15, 0.2) is 5.65 Å². The van der Waals surface area contributed by atoms with E-state index in [1.807, 2.05) is 72.8 Å². The topological polar surface area (TPSA) is 73.3 Å². The number of aromatic nitrogens is 2. The van der Waals surface area contributed by atoms with Crippen molar-refractivity contribution in [2.45, 2.75) is 20.3 Å². The molecule has 2 heterocycles. The molecule has 5 aromatic rings. The first-order valence-corrected chi connectivity index (χ1v) is 10.5. The largest absolute Gasteiger partial charge is 0.506 e. The maximum atomic E-state index is 10.5. The predicted octanol–water partition coefficient (Wildman–Crippen LogP) is 6.02. The maximum Gasteiger partial charge on any atom is 0.157 e. The van der Waals surface area contributed by atoms with E-state index in [0.29, 0.717) is 23.3 Å². The van der Waals surface area contributed by atoms with E-state index in [2.05, 4.69) is 23.5 Å². The molecule has 5 nitrogen and oxygen atoms in total. The van der Waals surface area contributed by atoms with Gasteiger partial charge >= 0.3 is 0 Å². The Morgan fingerprint density at radius 3 is 2.53 bits per heavy atom. The lowest BCUT2D eigenvalue weighted by atomic mass is 9.97. The Bertz CT molecular complexity index is 1510. The molecule has 0 fully saturated rings. The van der Waals surface area contributed by atoms with E-state index < -0.39 is 0 Å². The second kappa shape index (κ2) is 7.75. The van der Waals surface area contributed by atoms with E-state index >= 15 is 0 Å². The summed E-state index contributed by atoms with van der Waals surface area (Å²) in [5.41, 5.74) is 7.55. The lowest BCUT2D eigenvalue weighted by molar-refractivity contribution is 0.477. The van der Waals surface area contributed by atoms with Crippen molar-refractivity contribution in [1.29, 1.82) is 5.26 Å². The summed E-state index contributed by atoms with van der Waals surface area (Å²) in [5, 5.41) is 24.1. The zero-order chi connectivity index (χ0) is 22.2. The van der Waals surface area contributed by atoms with E-state index in [4.69, 9.17) is 4.98 Å². The fraction of sp³-hybridized carbons (Fsp3) is 0.111. The second-order valence-corrected chi connectivity index (χ2v) is 8.01. The highest BCUT2D eigenvalue weighted by Gasteiger charge is 2.21. The summed E-state index contributed by atoms with van der Waals surface area (Å²) in [5.74, 6) is 0.968. The molecule has 5 rings (SSSR count). The molecular weight excluding hydrogens is 396 g/mol. The number of benzene rings is 3. The Labute approximate surface area is 186 Å². The number of nitrogens with zero attached hydrogens (tertiary/aromatic N) is 3. The third-order valence-electron chi connectivity index (χ3n) is 5.86. The average Bonchev–Trinajstić information content (AvgIpc) is 3.18. The molecular formula is C27H22N4O. The molecule has 0 bridgehead atoms. The third kappa shape index (κ3) is 3.23. The first kappa shape index (κ1) is 19.7. The second-order valence-electron chi connectivity index (χ2n) is 8.01. The molecule has 3 aromatic carbocycles. The molecule has 5 heteroatoms. The summed E-state index contributed by atoms with van der Waals surface area (Å²) >= 11 is 0. The van der Waals surface area contributed by atoms with E-state index in [9.17, 15) is 10.4 Å². The number of aromatic hydroxyl groups is 1. The van der Waals surface area contributed by atoms with Crippen molar-refractivity contribution in [3.8, 4) is 11.8 Å². The number of fused-ring (bicyclic) bond motifs is 3. The van der Waals surface area contributed by atoms with Crippen molar-refractivity contribution in [3.63, 3.8) is 0 Å². The fourth-order valence-electron chi connectivity index (χ4n) is 4.21. The minimum absolute atomic E-state index is 0.167. The quantitative estimate of drug-likeness (QED) is 0.350. The fourth-order valence-corrected chi connectivity index (χ4v) is 4.21. The van der Waals surface area contributed by atoms with Gasteiger partial charge in [0, 0.05) is 12.0 Å². The van der Waals surface area contributed by atoms with Crippen LogP contribution in [0.4, 0.5) is 11.5 Å².